The van der Waals surface area contributed by atoms with Crippen molar-refractivity contribution >= 4 is 5.97 Å². The van der Waals surface area contributed by atoms with Gasteiger partial charge in [-0.05, 0) is 6.42 Å². The van der Waals surface area contributed by atoms with Gasteiger partial charge in [-0.3, -0.25) is 4.79 Å². The molecule has 0 unspecified atom stereocenters. The summed E-state index contributed by atoms with van der Waals surface area (Å²) in [6.45, 7) is 1.83. The average Bonchev–Trinajstić information content (AvgIpc) is 1.84. The molecule has 48 valence electrons. The molecule has 0 aliphatic rings. The van der Waals surface area contributed by atoms with E-state index in [-0.39, 0.29) is 5.97 Å². The standard InChI is InChI=1S/C5H11NO2/c1-3-4(6)5(7)8-2/h4H,3,6H2,1-2H3/t4-/m1/s1. The van der Waals surface area contributed by atoms with Crippen LogP contribution >= 0.6 is 0 Å². The van der Waals surface area contributed by atoms with Crippen molar-refractivity contribution in [2.75, 3.05) is 7.11 Å². The average molecular weight is 117 g/mol. The number of carbonyl (C=O) groups excluding carboxylic acids is 1. The molecule has 0 amide bonds. The highest BCUT2D eigenvalue weighted by molar-refractivity contribution is 5.75. The molecule has 1 atom stereocenters. The molecule has 0 fully saturated rings. The van der Waals surface area contributed by atoms with Gasteiger partial charge in [-0.1, -0.05) is 6.92 Å². The van der Waals surface area contributed by atoms with Crippen molar-refractivity contribution in [1.82, 2.24) is 0 Å². The SMILES string of the molecule is CC[C@@H](N)C(=O)OC. The van der Waals surface area contributed by atoms with Gasteiger partial charge in [0.15, 0.2) is 0 Å². The van der Waals surface area contributed by atoms with Gasteiger partial charge in [-0.2, -0.15) is 0 Å². The van der Waals surface area contributed by atoms with E-state index in [0.29, 0.717) is 6.42 Å². The molecule has 0 aromatic heterocycles. The number of rotatable bonds is 2. The van der Waals surface area contributed by atoms with Crippen LogP contribution in [0.2, 0.25) is 0 Å². The van der Waals surface area contributed by atoms with Crippen LogP contribution in [0.1, 0.15) is 13.3 Å². The van der Waals surface area contributed by atoms with E-state index >= 15 is 0 Å². The van der Waals surface area contributed by atoms with E-state index in [1.165, 1.54) is 7.11 Å². The fourth-order valence-electron chi connectivity index (χ4n) is 0.318. The maximum Gasteiger partial charge on any atom is 0.322 e. The van der Waals surface area contributed by atoms with Gasteiger partial charge in [0.1, 0.15) is 6.04 Å². The summed E-state index contributed by atoms with van der Waals surface area (Å²) in [5.41, 5.74) is 5.25. The van der Waals surface area contributed by atoms with E-state index in [4.69, 9.17) is 5.73 Å². The minimum atomic E-state index is -0.444. The van der Waals surface area contributed by atoms with E-state index in [2.05, 4.69) is 4.74 Å². The zero-order valence-electron chi connectivity index (χ0n) is 5.18. The molecule has 0 aliphatic carbocycles. The van der Waals surface area contributed by atoms with Crippen LogP contribution in [0.3, 0.4) is 0 Å². The summed E-state index contributed by atoms with van der Waals surface area (Å²) >= 11 is 0. The minimum Gasteiger partial charge on any atom is -0.468 e. The van der Waals surface area contributed by atoms with E-state index in [1.807, 2.05) is 6.92 Å². The summed E-state index contributed by atoms with van der Waals surface area (Å²) < 4.78 is 4.34. The second kappa shape index (κ2) is 3.43. The first-order valence-corrected chi connectivity index (χ1v) is 2.55. The Hall–Kier alpha value is -0.570. The Morgan fingerprint density at radius 2 is 2.38 bits per heavy atom. The summed E-state index contributed by atoms with van der Waals surface area (Å²) in [7, 11) is 1.33. The third-order valence-corrected chi connectivity index (χ3v) is 0.944. The van der Waals surface area contributed by atoms with Crippen LogP contribution in [-0.4, -0.2) is 19.1 Å². The molecule has 0 aromatic carbocycles. The van der Waals surface area contributed by atoms with Gasteiger partial charge in [0.25, 0.3) is 0 Å². The second-order valence-corrected chi connectivity index (χ2v) is 1.54. The van der Waals surface area contributed by atoms with Crippen LogP contribution in [0.5, 0.6) is 0 Å². The summed E-state index contributed by atoms with van der Waals surface area (Å²) in [6, 6.07) is -0.444. The van der Waals surface area contributed by atoms with E-state index in [9.17, 15) is 4.79 Å². The van der Waals surface area contributed by atoms with E-state index < -0.39 is 6.04 Å². The van der Waals surface area contributed by atoms with Crippen molar-refractivity contribution in [1.29, 1.82) is 0 Å². The van der Waals surface area contributed by atoms with Gasteiger partial charge in [-0.15, -0.1) is 0 Å². The van der Waals surface area contributed by atoms with Crippen LogP contribution in [0, 0.1) is 0 Å². The van der Waals surface area contributed by atoms with Crippen LogP contribution in [0.25, 0.3) is 0 Å². The molecule has 0 saturated heterocycles. The lowest BCUT2D eigenvalue weighted by Gasteiger charge is -2.03. The van der Waals surface area contributed by atoms with Crippen molar-refractivity contribution in [2.24, 2.45) is 5.73 Å². The Morgan fingerprint density at radius 3 is 2.50 bits per heavy atom. The quantitative estimate of drug-likeness (QED) is 0.514. The van der Waals surface area contributed by atoms with E-state index in [1.54, 1.807) is 0 Å². The highest BCUT2D eigenvalue weighted by atomic mass is 16.5. The number of hydrogen-bond acceptors (Lipinski definition) is 3. The van der Waals surface area contributed by atoms with Crippen molar-refractivity contribution in [2.45, 2.75) is 19.4 Å². The summed E-state index contributed by atoms with van der Waals surface area (Å²) in [6.07, 6.45) is 0.632. The summed E-state index contributed by atoms with van der Waals surface area (Å²) in [5, 5.41) is 0. The highest BCUT2D eigenvalue weighted by Gasteiger charge is 2.08. The maximum absolute atomic E-state index is 10.4. The third kappa shape index (κ3) is 1.93. The monoisotopic (exact) mass is 117 g/mol. The predicted octanol–water partition coefficient (Wildman–Crippen LogP) is -0.103. The first kappa shape index (κ1) is 7.43. The molecule has 3 nitrogen and oxygen atoms in total. The van der Waals surface area contributed by atoms with Gasteiger partial charge >= 0.3 is 5.97 Å². The molecule has 0 radical (unpaired) electrons. The third-order valence-electron chi connectivity index (χ3n) is 0.944. The molecule has 0 aliphatic heterocycles. The predicted molar refractivity (Wildman–Crippen MR) is 30.3 cm³/mol. The first-order chi connectivity index (χ1) is 3.72. The largest absolute Gasteiger partial charge is 0.468 e. The van der Waals surface area contributed by atoms with Crippen LogP contribution in [-0.2, 0) is 9.53 Å². The second-order valence-electron chi connectivity index (χ2n) is 1.54. The van der Waals surface area contributed by atoms with Crippen molar-refractivity contribution in [3.63, 3.8) is 0 Å². The molecular formula is C5H11NO2. The Bertz CT molecular complexity index is 82.5. The smallest absolute Gasteiger partial charge is 0.322 e. The first-order valence-electron chi connectivity index (χ1n) is 2.55. The highest BCUT2D eigenvalue weighted by Crippen LogP contribution is 1.86. The minimum absolute atomic E-state index is 0.340. The topological polar surface area (TPSA) is 52.3 Å². The van der Waals surface area contributed by atoms with Gasteiger partial charge in [-0.25, -0.2) is 0 Å². The Labute approximate surface area is 48.8 Å². The van der Waals surface area contributed by atoms with Gasteiger partial charge < -0.3 is 10.5 Å². The van der Waals surface area contributed by atoms with Crippen LogP contribution < -0.4 is 5.73 Å². The lowest BCUT2D eigenvalue weighted by atomic mass is 10.2. The number of carbonyl (C=O) groups is 1. The fraction of sp³-hybridized carbons (Fsp3) is 0.800. The molecule has 0 aromatic rings. The normalized spacial score (nSPS) is 12.9. The summed E-state index contributed by atoms with van der Waals surface area (Å²) in [4.78, 5) is 10.4. The Morgan fingerprint density at radius 1 is 1.88 bits per heavy atom. The molecule has 2 N–H and O–H groups in total. The van der Waals surface area contributed by atoms with Gasteiger partial charge in [0.05, 0.1) is 7.11 Å². The molecular weight excluding hydrogens is 106 g/mol. The number of nitrogens with two attached hydrogens (primary N) is 1. The van der Waals surface area contributed by atoms with Gasteiger partial charge in [0, 0.05) is 0 Å². The fourth-order valence-corrected chi connectivity index (χ4v) is 0.318. The van der Waals surface area contributed by atoms with Crippen molar-refractivity contribution in [3.8, 4) is 0 Å². The number of esters is 1. The van der Waals surface area contributed by atoms with Crippen molar-refractivity contribution in [3.05, 3.63) is 0 Å². The van der Waals surface area contributed by atoms with Gasteiger partial charge in [0.2, 0.25) is 0 Å². The maximum atomic E-state index is 10.4. The lowest BCUT2D eigenvalue weighted by molar-refractivity contribution is -0.142. The van der Waals surface area contributed by atoms with Crippen molar-refractivity contribution < 1.29 is 9.53 Å². The number of methoxy groups -OCH3 is 1. The zero-order chi connectivity index (χ0) is 6.57. The molecule has 0 spiro atoms. The zero-order valence-corrected chi connectivity index (χ0v) is 5.18. The molecule has 0 bridgehead atoms. The molecule has 0 rings (SSSR count). The molecule has 8 heavy (non-hydrogen) atoms. The number of ether oxygens (including phenoxy) is 1. The number of hydrogen-bond donors (Lipinski definition) is 1. The van der Waals surface area contributed by atoms with Crippen LogP contribution in [0.15, 0.2) is 0 Å². The lowest BCUT2D eigenvalue weighted by Crippen LogP contribution is -2.30. The molecule has 0 heterocycles. The Kier molecular flexibility index (Phi) is 3.19. The van der Waals surface area contributed by atoms with E-state index in [0.717, 1.165) is 0 Å². The molecule has 0 saturated carbocycles. The van der Waals surface area contributed by atoms with Crippen LogP contribution in [0.4, 0.5) is 0 Å². The molecule has 3 heteroatoms. The Balaban J connectivity index is 3.46. The summed E-state index contributed by atoms with van der Waals surface area (Å²) in [5.74, 6) is -0.340.